The van der Waals surface area contributed by atoms with Crippen LogP contribution < -0.4 is 5.32 Å². The zero-order chi connectivity index (χ0) is 15.1. The molecule has 0 fully saturated rings. The van der Waals surface area contributed by atoms with Gasteiger partial charge in [0.2, 0.25) is 0 Å². The van der Waals surface area contributed by atoms with Crippen LogP contribution in [0.3, 0.4) is 0 Å². The number of nitriles is 2. The van der Waals surface area contributed by atoms with E-state index in [1.165, 1.54) is 11.8 Å². The molecule has 0 radical (unpaired) electrons. The van der Waals surface area contributed by atoms with Gasteiger partial charge in [-0.2, -0.15) is 10.5 Å². The lowest BCUT2D eigenvalue weighted by Crippen LogP contribution is -2.12. The van der Waals surface area contributed by atoms with E-state index >= 15 is 0 Å². The molecule has 0 aliphatic carbocycles. The molecule has 102 valence electrons. The van der Waals surface area contributed by atoms with Crippen LogP contribution in [0.2, 0.25) is 0 Å². The quantitative estimate of drug-likeness (QED) is 0.397. The van der Waals surface area contributed by atoms with Crippen LogP contribution in [0.4, 0.5) is 5.69 Å². The van der Waals surface area contributed by atoms with Gasteiger partial charge in [-0.05, 0) is 30.0 Å². The van der Waals surface area contributed by atoms with Gasteiger partial charge in [-0.1, -0.05) is 42.1 Å². The SMILES string of the molecule is CSC(=Nc1ccccc1-c1ccc(C#N)cc1)NC#N. The van der Waals surface area contributed by atoms with E-state index in [9.17, 15) is 0 Å². The summed E-state index contributed by atoms with van der Waals surface area (Å²) in [5, 5.41) is 20.6. The lowest BCUT2D eigenvalue weighted by atomic mass is 10.0. The average Bonchev–Trinajstić information content (AvgIpc) is 2.55. The first-order valence-electron chi connectivity index (χ1n) is 6.16. The molecule has 0 aliphatic heterocycles. The lowest BCUT2D eigenvalue weighted by Gasteiger charge is -2.07. The molecule has 5 heteroatoms. The largest absolute Gasteiger partial charge is 0.271 e. The maximum atomic E-state index is 8.85. The van der Waals surface area contributed by atoms with E-state index in [1.54, 1.807) is 12.1 Å². The van der Waals surface area contributed by atoms with Crippen LogP contribution in [0, 0.1) is 22.8 Å². The lowest BCUT2D eigenvalue weighted by molar-refractivity contribution is 1.28. The van der Waals surface area contributed by atoms with Gasteiger partial charge in [0.25, 0.3) is 0 Å². The molecule has 0 heterocycles. The molecule has 0 unspecified atom stereocenters. The molecule has 2 aromatic rings. The summed E-state index contributed by atoms with van der Waals surface area (Å²) in [4.78, 5) is 4.47. The predicted molar refractivity (Wildman–Crippen MR) is 86.0 cm³/mol. The Labute approximate surface area is 127 Å². The average molecular weight is 292 g/mol. The smallest absolute Gasteiger partial charge is 0.183 e. The highest BCUT2D eigenvalue weighted by molar-refractivity contribution is 8.13. The monoisotopic (exact) mass is 292 g/mol. The Bertz CT molecular complexity index is 736. The number of rotatable bonds is 2. The van der Waals surface area contributed by atoms with Crippen molar-refractivity contribution in [2.24, 2.45) is 4.99 Å². The highest BCUT2D eigenvalue weighted by atomic mass is 32.2. The molecule has 0 aromatic heterocycles. The molecule has 2 rings (SSSR count). The molecular weight excluding hydrogens is 280 g/mol. The van der Waals surface area contributed by atoms with Crippen LogP contribution in [0.5, 0.6) is 0 Å². The van der Waals surface area contributed by atoms with Gasteiger partial charge in [0.05, 0.1) is 17.3 Å². The summed E-state index contributed by atoms with van der Waals surface area (Å²) >= 11 is 1.37. The Morgan fingerprint density at radius 3 is 2.43 bits per heavy atom. The Hall–Kier alpha value is -2.76. The maximum absolute atomic E-state index is 8.85. The van der Waals surface area contributed by atoms with Crippen molar-refractivity contribution in [1.29, 1.82) is 10.5 Å². The molecule has 4 nitrogen and oxygen atoms in total. The molecule has 0 spiro atoms. The van der Waals surface area contributed by atoms with Crippen molar-refractivity contribution in [3.05, 3.63) is 54.1 Å². The fraction of sp³-hybridized carbons (Fsp3) is 0.0625. The molecule has 1 N–H and O–H groups in total. The van der Waals surface area contributed by atoms with E-state index in [4.69, 9.17) is 10.5 Å². The third-order valence-electron chi connectivity index (χ3n) is 2.81. The van der Waals surface area contributed by atoms with Crippen molar-refractivity contribution >= 4 is 22.6 Å². The van der Waals surface area contributed by atoms with Gasteiger partial charge in [0.15, 0.2) is 11.4 Å². The molecule has 0 bridgehead atoms. The highest BCUT2D eigenvalue weighted by Gasteiger charge is 2.05. The van der Waals surface area contributed by atoms with Crippen molar-refractivity contribution in [2.75, 3.05) is 6.26 Å². The minimum atomic E-state index is 0.540. The van der Waals surface area contributed by atoms with Crippen LogP contribution in [-0.4, -0.2) is 11.4 Å². The molecule has 0 amide bonds. The second-order valence-electron chi connectivity index (χ2n) is 4.06. The first-order chi connectivity index (χ1) is 10.3. The van der Waals surface area contributed by atoms with Gasteiger partial charge in [0, 0.05) is 5.56 Å². The fourth-order valence-electron chi connectivity index (χ4n) is 1.82. The van der Waals surface area contributed by atoms with E-state index in [0.717, 1.165) is 16.8 Å². The van der Waals surface area contributed by atoms with Crippen LogP contribution in [-0.2, 0) is 0 Å². The van der Waals surface area contributed by atoms with E-state index in [2.05, 4.69) is 16.4 Å². The molecule has 0 saturated heterocycles. The number of hydrogen-bond donors (Lipinski definition) is 1. The van der Waals surface area contributed by atoms with Crippen molar-refractivity contribution in [1.82, 2.24) is 5.32 Å². The normalized spacial score (nSPS) is 10.5. The van der Waals surface area contributed by atoms with E-state index in [-0.39, 0.29) is 0 Å². The number of hydrogen-bond acceptors (Lipinski definition) is 4. The van der Waals surface area contributed by atoms with Crippen molar-refractivity contribution in [3.63, 3.8) is 0 Å². The number of thioether (sulfide) groups is 1. The van der Waals surface area contributed by atoms with Gasteiger partial charge >= 0.3 is 0 Å². The predicted octanol–water partition coefficient (Wildman–Crippen LogP) is 3.65. The number of nitrogens with one attached hydrogen (secondary N) is 1. The molecule has 0 saturated carbocycles. The van der Waals surface area contributed by atoms with Gasteiger partial charge < -0.3 is 0 Å². The molecule has 21 heavy (non-hydrogen) atoms. The van der Waals surface area contributed by atoms with Gasteiger partial charge in [0.1, 0.15) is 0 Å². The second kappa shape index (κ2) is 7.14. The summed E-state index contributed by atoms with van der Waals surface area (Å²) in [6, 6.07) is 17.1. The summed E-state index contributed by atoms with van der Waals surface area (Å²) < 4.78 is 0. The molecule has 0 aliphatic rings. The first-order valence-corrected chi connectivity index (χ1v) is 7.38. The van der Waals surface area contributed by atoms with Crippen LogP contribution in [0.25, 0.3) is 11.1 Å². The Kier molecular flexibility index (Phi) is 4.98. The summed E-state index contributed by atoms with van der Waals surface area (Å²) in [6.07, 6.45) is 3.73. The van der Waals surface area contributed by atoms with Crippen molar-refractivity contribution in [2.45, 2.75) is 0 Å². The van der Waals surface area contributed by atoms with Crippen molar-refractivity contribution in [3.8, 4) is 23.4 Å². The Balaban J connectivity index is 2.45. The van der Waals surface area contributed by atoms with Crippen LogP contribution in [0.1, 0.15) is 5.56 Å². The third kappa shape index (κ3) is 3.62. The zero-order valence-corrected chi connectivity index (χ0v) is 12.2. The highest BCUT2D eigenvalue weighted by Crippen LogP contribution is 2.30. The number of para-hydroxylation sites is 1. The van der Waals surface area contributed by atoms with Crippen molar-refractivity contribution < 1.29 is 0 Å². The standard InChI is InChI=1S/C16H12N4S/c1-21-16(19-11-18)20-15-5-3-2-4-14(15)13-8-6-12(10-17)7-9-13/h2-9H,1H3,(H,19,20). The number of nitrogens with zero attached hydrogens (tertiary/aromatic N) is 3. The first kappa shape index (κ1) is 14.6. The number of aliphatic imine (C=N–C) groups is 1. The van der Waals surface area contributed by atoms with Gasteiger partial charge in [-0.15, -0.1) is 0 Å². The Morgan fingerprint density at radius 2 is 1.81 bits per heavy atom. The van der Waals surface area contributed by atoms with Crippen LogP contribution in [0.15, 0.2) is 53.5 Å². The molecule has 0 atom stereocenters. The van der Waals surface area contributed by atoms with Crippen LogP contribution >= 0.6 is 11.8 Å². The van der Waals surface area contributed by atoms with Gasteiger partial charge in [-0.3, -0.25) is 5.32 Å². The summed E-state index contributed by atoms with van der Waals surface area (Å²) in [5.74, 6) is 0. The third-order valence-corrected chi connectivity index (χ3v) is 3.39. The summed E-state index contributed by atoms with van der Waals surface area (Å²) in [6.45, 7) is 0. The minimum Gasteiger partial charge on any atom is -0.271 e. The molecule has 2 aromatic carbocycles. The fourth-order valence-corrected chi connectivity index (χ4v) is 2.16. The number of amidine groups is 1. The maximum Gasteiger partial charge on any atom is 0.183 e. The van der Waals surface area contributed by atoms with E-state index in [1.807, 2.05) is 48.8 Å². The van der Waals surface area contributed by atoms with Gasteiger partial charge in [-0.25, -0.2) is 4.99 Å². The summed E-state index contributed by atoms with van der Waals surface area (Å²) in [5.41, 5.74) is 3.32. The molecular formula is C16H12N4S. The Morgan fingerprint density at radius 1 is 1.10 bits per heavy atom. The topological polar surface area (TPSA) is 72.0 Å². The minimum absolute atomic E-state index is 0.540. The summed E-state index contributed by atoms with van der Waals surface area (Å²) in [7, 11) is 0. The zero-order valence-electron chi connectivity index (χ0n) is 11.4. The van der Waals surface area contributed by atoms with E-state index in [0.29, 0.717) is 10.7 Å². The number of benzene rings is 2. The van der Waals surface area contributed by atoms with E-state index < -0.39 is 0 Å². The second-order valence-corrected chi connectivity index (χ2v) is 4.86.